The number of benzene rings is 2. The molecule has 2 aromatic carbocycles. The molecule has 1 N–H and O–H groups in total. The Hall–Kier alpha value is -2.04. The van der Waals surface area contributed by atoms with Gasteiger partial charge in [0.1, 0.15) is 0 Å². The molecule has 0 saturated heterocycles. The van der Waals surface area contributed by atoms with E-state index >= 15 is 0 Å². The third kappa shape index (κ3) is 4.24. The predicted molar refractivity (Wildman–Crippen MR) is 96.0 cm³/mol. The zero-order valence-electron chi connectivity index (χ0n) is 12.5. The summed E-state index contributed by atoms with van der Waals surface area (Å²) in [4.78, 5) is 19.2. The number of aryl methyl sites for hydroxylation is 1. The van der Waals surface area contributed by atoms with E-state index in [0.717, 1.165) is 22.4 Å². The number of aromatic amines is 1. The van der Waals surface area contributed by atoms with Crippen molar-refractivity contribution in [3.8, 4) is 11.3 Å². The maximum atomic E-state index is 11.9. The predicted octanol–water partition coefficient (Wildman–Crippen LogP) is 4.69. The summed E-state index contributed by atoms with van der Waals surface area (Å²) < 4.78 is 0. The smallest absolute Gasteiger partial charge is 0.252 e. The van der Waals surface area contributed by atoms with Gasteiger partial charge in [0.05, 0.1) is 5.69 Å². The van der Waals surface area contributed by atoms with Crippen LogP contribution < -0.4 is 5.56 Å². The van der Waals surface area contributed by atoms with Crippen LogP contribution in [-0.4, -0.2) is 9.97 Å². The summed E-state index contributed by atoms with van der Waals surface area (Å²) in [6.07, 6.45) is 0. The Labute approximate surface area is 143 Å². The lowest BCUT2D eigenvalue weighted by Crippen LogP contribution is -2.08. The molecule has 0 amide bonds. The molecule has 0 saturated carbocycles. The van der Waals surface area contributed by atoms with Gasteiger partial charge in [-0.3, -0.25) is 4.79 Å². The molecule has 0 fully saturated rings. The highest BCUT2D eigenvalue weighted by atomic mass is 35.5. The number of H-pyrrole nitrogens is 1. The number of aromatic nitrogens is 2. The lowest BCUT2D eigenvalue weighted by molar-refractivity contribution is 0.942. The van der Waals surface area contributed by atoms with Gasteiger partial charge < -0.3 is 4.98 Å². The van der Waals surface area contributed by atoms with E-state index in [9.17, 15) is 4.79 Å². The number of thioether (sulfide) groups is 1. The zero-order chi connectivity index (χ0) is 16.2. The summed E-state index contributed by atoms with van der Waals surface area (Å²) in [7, 11) is 0. The molecule has 5 heteroatoms. The van der Waals surface area contributed by atoms with Crippen molar-refractivity contribution in [2.45, 2.75) is 17.8 Å². The summed E-state index contributed by atoms with van der Waals surface area (Å²) in [6.45, 7) is 2.02. The van der Waals surface area contributed by atoms with Crippen LogP contribution in [0.4, 0.5) is 0 Å². The Kier molecular flexibility index (Phi) is 4.84. The molecule has 116 valence electrons. The molecule has 0 unspecified atom stereocenters. The summed E-state index contributed by atoms with van der Waals surface area (Å²) >= 11 is 7.38. The van der Waals surface area contributed by atoms with Gasteiger partial charge in [0.25, 0.3) is 5.56 Å². The molecule has 0 aliphatic rings. The van der Waals surface area contributed by atoms with Gasteiger partial charge in [-0.25, -0.2) is 4.98 Å². The van der Waals surface area contributed by atoms with Gasteiger partial charge in [-0.2, -0.15) is 0 Å². The molecule has 0 aliphatic carbocycles. The first kappa shape index (κ1) is 15.8. The monoisotopic (exact) mass is 342 g/mol. The molecule has 23 heavy (non-hydrogen) atoms. The molecule has 0 bridgehead atoms. The van der Waals surface area contributed by atoms with Crippen LogP contribution in [-0.2, 0) is 5.75 Å². The quantitative estimate of drug-likeness (QED) is 0.552. The molecule has 0 aliphatic heterocycles. The Balaban J connectivity index is 1.83. The Morgan fingerprint density at radius 2 is 1.91 bits per heavy atom. The number of rotatable bonds is 4. The minimum atomic E-state index is -0.143. The van der Waals surface area contributed by atoms with Crippen molar-refractivity contribution >= 4 is 23.4 Å². The first-order chi connectivity index (χ1) is 11.1. The summed E-state index contributed by atoms with van der Waals surface area (Å²) in [5.74, 6) is 0.720. The lowest BCUT2D eigenvalue weighted by atomic mass is 10.1. The molecule has 3 nitrogen and oxygen atoms in total. The van der Waals surface area contributed by atoms with Gasteiger partial charge in [-0.15, -0.1) is 0 Å². The van der Waals surface area contributed by atoms with Crippen LogP contribution in [0.15, 0.2) is 64.5 Å². The number of nitrogens with zero attached hydrogens (tertiary/aromatic N) is 1. The van der Waals surface area contributed by atoms with Crippen molar-refractivity contribution in [1.82, 2.24) is 9.97 Å². The molecule has 0 radical (unpaired) electrons. The Morgan fingerprint density at radius 1 is 1.13 bits per heavy atom. The SMILES string of the molecule is Cc1cccc(-c2cc(=O)[nH]c(SCc3ccc(Cl)cc3)n2)c1. The van der Waals surface area contributed by atoms with Crippen molar-refractivity contribution in [3.05, 3.63) is 81.1 Å². The Morgan fingerprint density at radius 3 is 2.65 bits per heavy atom. The van der Waals surface area contributed by atoms with Gasteiger partial charge in [0, 0.05) is 22.4 Å². The third-order valence-electron chi connectivity index (χ3n) is 3.32. The maximum absolute atomic E-state index is 11.9. The van der Waals surface area contributed by atoms with E-state index in [2.05, 4.69) is 9.97 Å². The van der Waals surface area contributed by atoms with Crippen molar-refractivity contribution in [3.63, 3.8) is 0 Å². The van der Waals surface area contributed by atoms with E-state index < -0.39 is 0 Å². The molecule has 3 aromatic rings. The van der Waals surface area contributed by atoms with Gasteiger partial charge >= 0.3 is 0 Å². The topological polar surface area (TPSA) is 45.8 Å². The second kappa shape index (κ2) is 7.02. The van der Waals surface area contributed by atoms with E-state index in [1.54, 1.807) is 0 Å². The largest absolute Gasteiger partial charge is 0.301 e. The molecular formula is C18H15ClN2OS. The van der Waals surface area contributed by atoms with E-state index in [4.69, 9.17) is 11.6 Å². The van der Waals surface area contributed by atoms with Gasteiger partial charge in [-0.1, -0.05) is 59.3 Å². The van der Waals surface area contributed by atoms with E-state index in [0.29, 0.717) is 15.9 Å². The number of hydrogen-bond acceptors (Lipinski definition) is 3. The van der Waals surface area contributed by atoms with Crippen LogP contribution in [0.25, 0.3) is 11.3 Å². The fraction of sp³-hybridized carbons (Fsp3) is 0.111. The zero-order valence-corrected chi connectivity index (χ0v) is 14.1. The summed E-state index contributed by atoms with van der Waals surface area (Å²) in [5, 5.41) is 1.33. The normalized spacial score (nSPS) is 10.7. The fourth-order valence-electron chi connectivity index (χ4n) is 2.19. The van der Waals surface area contributed by atoms with Crippen molar-refractivity contribution < 1.29 is 0 Å². The van der Waals surface area contributed by atoms with Crippen LogP contribution in [0.3, 0.4) is 0 Å². The maximum Gasteiger partial charge on any atom is 0.252 e. The van der Waals surface area contributed by atoms with Crippen molar-refractivity contribution in [2.24, 2.45) is 0 Å². The minimum absolute atomic E-state index is 0.143. The van der Waals surface area contributed by atoms with Crippen LogP contribution in [0.1, 0.15) is 11.1 Å². The van der Waals surface area contributed by atoms with Crippen LogP contribution in [0.5, 0.6) is 0 Å². The molecule has 3 rings (SSSR count). The second-order valence-electron chi connectivity index (χ2n) is 5.22. The molecule has 0 atom stereocenters. The highest BCUT2D eigenvalue weighted by molar-refractivity contribution is 7.98. The van der Waals surface area contributed by atoms with E-state index in [1.165, 1.54) is 17.8 Å². The second-order valence-corrected chi connectivity index (χ2v) is 6.62. The first-order valence-electron chi connectivity index (χ1n) is 7.16. The summed E-state index contributed by atoms with van der Waals surface area (Å²) in [5.41, 5.74) is 3.76. The third-order valence-corrected chi connectivity index (χ3v) is 4.52. The number of nitrogens with one attached hydrogen (secondary N) is 1. The summed E-state index contributed by atoms with van der Waals surface area (Å²) in [6, 6.07) is 17.2. The van der Waals surface area contributed by atoms with Crippen LogP contribution in [0.2, 0.25) is 5.02 Å². The minimum Gasteiger partial charge on any atom is -0.301 e. The number of halogens is 1. The van der Waals surface area contributed by atoms with Gasteiger partial charge in [-0.05, 0) is 30.7 Å². The average molecular weight is 343 g/mol. The van der Waals surface area contributed by atoms with E-state index in [1.807, 2.05) is 55.5 Å². The fourth-order valence-corrected chi connectivity index (χ4v) is 3.15. The van der Waals surface area contributed by atoms with E-state index in [-0.39, 0.29) is 5.56 Å². The van der Waals surface area contributed by atoms with Gasteiger partial charge in [0.15, 0.2) is 5.16 Å². The average Bonchev–Trinajstić information content (AvgIpc) is 2.54. The molecule has 0 spiro atoms. The molecular weight excluding hydrogens is 328 g/mol. The Bertz CT molecular complexity index is 875. The van der Waals surface area contributed by atoms with Crippen molar-refractivity contribution in [2.75, 3.05) is 0 Å². The molecule has 1 heterocycles. The van der Waals surface area contributed by atoms with Crippen LogP contribution in [0, 0.1) is 6.92 Å². The highest BCUT2D eigenvalue weighted by Crippen LogP contribution is 2.23. The van der Waals surface area contributed by atoms with Crippen LogP contribution >= 0.6 is 23.4 Å². The lowest BCUT2D eigenvalue weighted by Gasteiger charge is -2.05. The standard InChI is InChI=1S/C18H15ClN2OS/c1-12-3-2-4-14(9-12)16-10-17(22)21-18(20-16)23-11-13-5-7-15(19)8-6-13/h2-10H,11H2,1H3,(H,20,21,22). The molecule has 1 aromatic heterocycles. The number of hydrogen-bond donors (Lipinski definition) is 1. The first-order valence-corrected chi connectivity index (χ1v) is 8.52. The van der Waals surface area contributed by atoms with Gasteiger partial charge in [0.2, 0.25) is 0 Å². The highest BCUT2D eigenvalue weighted by Gasteiger charge is 2.05. The van der Waals surface area contributed by atoms with Crippen molar-refractivity contribution in [1.29, 1.82) is 0 Å².